The van der Waals surface area contributed by atoms with E-state index in [0.717, 1.165) is 0 Å². The first-order chi connectivity index (χ1) is 8.24. The summed E-state index contributed by atoms with van der Waals surface area (Å²) in [7, 11) is 0. The Bertz CT molecular complexity index is 542. The maximum absolute atomic E-state index is 12.3. The fraction of sp³-hybridized carbons (Fsp3) is 0.615. The lowest BCUT2D eigenvalue weighted by Crippen LogP contribution is -2.45. The molecule has 2 heterocycles. The van der Waals surface area contributed by atoms with E-state index >= 15 is 0 Å². The van der Waals surface area contributed by atoms with E-state index in [9.17, 15) is 9.59 Å². The molecular formula is C13H18N2O3. The van der Waals surface area contributed by atoms with Crippen LogP contribution < -0.4 is 5.56 Å². The molecule has 98 valence electrons. The number of aromatic nitrogens is 2. The third-order valence-electron chi connectivity index (χ3n) is 3.09. The van der Waals surface area contributed by atoms with Crippen LogP contribution in [0, 0.1) is 0 Å². The number of carbonyl (C=O) groups excluding carboxylic acids is 1. The summed E-state index contributed by atoms with van der Waals surface area (Å²) in [6.07, 6.45) is 2.65. The quantitative estimate of drug-likeness (QED) is 0.704. The molecule has 1 aromatic heterocycles. The molecule has 1 aliphatic heterocycles. The number of ether oxygens (including phenoxy) is 1. The highest BCUT2D eigenvalue weighted by Gasteiger charge is 2.44. The number of hydrogen-bond acceptors (Lipinski definition) is 4. The highest BCUT2D eigenvalue weighted by molar-refractivity contribution is 5.79. The van der Waals surface area contributed by atoms with Gasteiger partial charge in [0, 0.05) is 18.7 Å². The molecule has 0 saturated carbocycles. The van der Waals surface area contributed by atoms with E-state index in [0.29, 0.717) is 18.7 Å². The number of fused-ring (bicyclic) bond motifs is 1. The molecule has 0 saturated heterocycles. The predicted octanol–water partition coefficient (Wildman–Crippen LogP) is 1.25. The number of aryl methyl sites for hydroxylation is 1. The molecule has 2 rings (SSSR count). The van der Waals surface area contributed by atoms with Crippen LogP contribution in [-0.4, -0.2) is 21.1 Å². The van der Waals surface area contributed by atoms with Crippen LogP contribution in [0.15, 0.2) is 17.1 Å². The van der Waals surface area contributed by atoms with Crippen LogP contribution in [0.1, 0.15) is 39.9 Å². The zero-order chi connectivity index (χ0) is 13.6. The summed E-state index contributed by atoms with van der Waals surface area (Å²) < 4.78 is 6.87. The van der Waals surface area contributed by atoms with Crippen LogP contribution in [0.4, 0.5) is 0 Å². The van der Waals surface area contributed by atoms with Crippen LogP contribution in [0.3, 0.4) is 0 Å². The summed E-state index contributed by atoms with van der Waals surface area (Å²) in [4.78, 5) is 28.3. The Balaban J connectivity index is 2.42. The van der Waals surface area contributed by atoms with Crippen molar-refractivity contribution < 1.29 is 9.53 Å². The van der Waals surface area contributed by atoms with Crippen molar-refractivity contribution in [2.24, 2.45) is 0 Å². The van der Waals surface area contributed by atoms with Crippen molar-refractivity contribution in [3.63, 3.8) is 0 Å². The largest absolute Gasteiger partial charge is 0.458 e. The van der Waals surface area contributed by atoms with E-state index in [-0.39, 0.29) is 11.5 Å². The fourth-order valence-corrected chi connectivity index (χ4v) is 2.20. The number of esters is 1. The van der Waals surface area contributed by atoms with Crippen LogP contribution in [0.5, 0.6) is 0 Å². The zero-order valence-corrected chi connectivity index (χ0v) is 11.2. The van der Waals surface area contributed by atoms with Gasteiger partial charge in [0.05, 0.1) is 0 Å². The van der Waals surface area contributed by atoms with Gasteiger partial charge in [-0.2, -0.15) is 0 Å². The molecule has 1 aliphatic rings. The monoisotopic (exact) mass is 250 g/mol. The van der Waals surface area contributed by atoms with Crippen molar-refractivity contribution in [3.8, 4) is 0 Å². The minimum absolute atomic E-state index is 0.203. The van der Waals surface area contributed by atoms with Crippen molar-refractivity contribution in [1.82, 2.24) is 9.55 Å². The highest BCUT2D eigenvalue weighted by Crippen LogP contribution is 2.31. The molecule has 0 aliphatic carbocycles. The second-order valence-electron chi connectivity index (χ2n) is 5.81. The first kappa shape index (κ1) is 12.8. The second kappa shape index (κ2) is 3.93. The Hall–Kier alpha value is -1.65. The number of rotatable bonds is 1. The van der Waals surface area contributed by atoms with Crippen LogP contribution in [0.2, 0.25) is 0 Å². The van der Waals surface area contributed by atoms with E-state index in [1.165, 1.54) is 16.8 Å². The molecular weight excluding hydrogens is 232 g/mol. The average molecular weight is 250 g/mol. The lowest BCUT2D eigenvalue weighted by atomic mass is 9.99. The Morgan fingerprint density at radius 3 is 2.78 bits per heavy atom. The van der Waals surface area contributed by atoms with Gasteiger partial charge in [0.2, 0.25) is 0 Å². The Kier molecular flexibility index (Phi) is 2.80. The Morgan fingerprint density at radius 2 is 2.17 bits per heavy atom. The van der Waals surface area contributed by atoms with Gasteiger partial charge in [0.25, 0.3) is 5.56 Å². The highest BCUT2D eigenvalue weighted by atomic mass is 16.6. The Labute approximate surface area is 106 Å². The first-order valence-electron chi connectivity index (χ1n) is 6.05. The van der Waals surface area contributed by atoms with Gasteiger partial charge in [-0.05, 0) is 34.1 Å². The van der Waals surface area contributed by atoms with Crippen molar-refractivity contribution >= 4 is 5.97 Å². The normalized spacial score (nSPS) is 22.7. The molecule has 1 aromatic rings. The standard InChI is InChI=1S/C13H18N2O3/c1-12(2,3)18-11(17)13(4)7-5-9-14-8-6-10(16)15(9)13/h6,8H,5,7H2,1-4H3. The van der Waals surface area contributed by atoms with Crippen LogP contribution in [-0.2, 0) is 21.5 Å². The lowest BCUT2D eigenvalue weighted by Gasteiger charge is -2.29. The average Bonchev–Trinajstić information content (AvgIpc) is 2.57. The summed E-state index contributed by atoms with van der Waals surface area (Å²) in [6.45, 7) is 7.18. The minimum Gasteiger partial charge on any atom is -0.458 e. The van der Waals surface area contributed by atoms with Gasteiger partial charge < -0.3 is 4.74 Å². The van der Waals surface area contributed by atoms with Gasteiger partial charge in [-0.15, -0.1) is 0 Å². The molecule has 1 unspecified atom stereocenters. The lowest BCUT2D eigenvalue weighted by molar-refractivity contribution is -0.165. The first-order valence-corrected chi connectivity index (χ1v) is 6.05. The predicted molar refractivity (Wildman–Crippen MR) is 66.3 cm³/mol. The smallest absolute Gasteiger partial charge is 0.332 e. The van der Waals surface area contributed by atoms with Crippen molar-refractivity contribution in [2.75, 3.05) is 0 Å². The molecule has 0 N–H and O–H groups in total. The molecule has 0 bridgehead atoms. The molecule has 5 nitrogen and oxygen atoms in total. The molecule has 18 heavy (non-hydrogen) atoms. The van der Waals surface area contributed by atoms with Crippen molar-refractivity contribution in [1.29, 1.82) is 0 Å². The fourth-order valence-electron chi connectivity index (χ4n) is 2.20. The third-order valence-corrected chi connectivity index (χ3v) is 3.09. The van der Waals surface area contributed by atoms with Gasteiger partial charge in [0.1, 0.15) is 17.0 Å². The van der Waals surface area contributed by atoms with E-state index in [2.05, 4.69) is 4.98 Å². The summed E-state index contributed by atoms with van der Waals surface area (Å²) in [6, 6.07) is 1.37. The minimum atomic E-state index is -0.937. The van der Waals surface area contributed by atoms with Gasteiger partial charge in [0.15, 0.2) is 0 Å². The molecule has 0 amide bonds. The Morgan fingerprint density at radius 1 is 1.50 bits per heavy atom. The van der Waals surface area contributed by atoms with E-state index < -0.39 is 11.1 Å². The zero-order valence-electron chi connectivity index (χ0n) is 11.2. The van der Waals surface area contributed by atoms with Gasteiger partial charge in [-0.3, -0.25) is 9.36 Å². The second-order valence-corrected chi connectivity index (χ2v) is 5.81. The van der Waals surface area contributed by atoms with Crippen LogP contribution >= 0.6 is 0 Å². The molecule has 0 aromatic carbocycles. The number of hydrogen-bond donors (Lipinski definition) is 0. The van der Waals surface area contributed by atoms with Gasteiger partial charge in [-0.25, -0.2) is 9.78 Å². The van der Waals surface area contributed by atoms with Crippen molar-refractivity contribution in [2.45, 2.75) is 51.7 Å². The summed E-state index contributed by atoms with van der Waals surface area (Å²) >= 11 is 0. The van der Waals surface area contributed by atoms with Gasteiger partial charge >= 0.3 is 5.97 Å². The molecule has 0 radical (unpaired) electrons. The topological polar surface area (TPSA) is 61.2 Å². The van der Waals surface area contributed by atoms with E-state index in [1.54, 1.807) is 6.92 Å². The molecule has 0 fully saturated rings. The summed E-state index contributed by atoms with van der Waals surface area (Å²) in [5, 5.41) is 0. The molecule has 5 heteroatoms. The van der Waals surface area contributed by atoms with Crippen molar-refractivity contribution in [3.05, 3.63) is 28.4 Å². The van der Waals surface area contributed by atoms with Crippen LogP contribution in [0.25, 0.3) is 0 Å². The molecule has 1 atom stereocenters. The summed E-state index contributed by atoms with van der Waals surface area (Å²) in [5.74, 6) is 0.278. The number of nitrogens with zero attached hydrogens (tertiary/aromatic N) is 2. The van der Waals surface area contributed by atoms with E-state index in [4.69, 9.17) is 4.74 Å². The SMILES string of the molecule is CC(C)(C)OC(=O)C1(C)CCc2nccc(=O)n21. The maximum Gasteiger partial charge on any atom is 0.332 e. The maximum atomic E-state index is 12.3. The summed E-state index contributed by atoms with van der Waals surface area (Å²) in [5.41, 5.74) is -1.70. The number of carbonyl (C=O) groups is 1. The molecule has 0 spiro atoms. The third kappa shape index (κ3) is 2.05. The van der Waals surface area contributed by atoms with Gasteiger partial charge in [-0.1, -0.05) is 0 Å². The van der Waals surface area contributed by atoms with E-state index in [1.807, 2.05) is 20.8 Å².